The van der Waals surface area contributed by atoms with Gasteiger partial charge in [-0.25, -0.2) is 0 Å². The van der Waals surface area contributed by atoms with Gasteiger partial charge in [-0.2, -0.15) is 0 Å². The fourth-order valence-electron chi connectivity index (χ4n) is 2.03. The third-order valence-corrected chi connectivity index (χ3v) is 3.80. The van der Waals surface area contributed by atoms with E-state index in [1.807, 2.05) is 6.07 Å². The molecule has 0 saturated heterocycles. The van der Waals surface area contributed by atoms with E-state index in [-0.39, 0.29) is 0 Å². The van der Waals surface area contributed by atoms with Gasteiger partial charge in [0.1, 0.15) is 0 Å². The van der Waals surface area contributed by atoms with E-state index in [2.05, 4.69) is 30.5 Å². The molecule has 1 saturated carbocycles. The molecule has 2 N–H and O–H groups in total. The normalized spacial score (nSPS) is 14.4. The number of nitrogens with one attached hydrogen (secondary N) is 2. The molecule has 0 heterocycles. The molecular formula is C14H19ClN2S. The van der Waals surface area contributed by atoms with Crippen LogP contribution in [-0.4, -0.2) is 11.2 Å². The largest absolute Gasteiger partial charge is 0.360 e. The summed E-state index contributed by atoms with van der Waals surface area (Å²) in [7, 11) is 0. The Morgan fingerprint density at radius 1 is 1.33 bits per heavy atom. The first-order chi connectivity index (χ1) is 8.65. The molecule has 2 nitrogen and oxygen atoms in total. The Labute approximate surface area is 119 Å². The van der Waals surface area contributed by atoms with Gasteiger partial charge in [0.2, 0.25) is 0 Å². The van der Waals surface area contributed by atoms with E-state index in [1.165, 1.54) is 18.4 Å². The van der Waals surface area contributed by atoms with Crippen LogP contribution in [0.3, 0.4) is 0 Å². The van der Waals surface area contributed by atoms with Crippen molar-refractivity contribution in [1.29, 1.82) is 0 Å². The maximum absolute atomic E-state index is 6.26. The van der Waals surface area contributed by atoms with Crippen LogP contribution in [0.5, 0.6) is 0 Å². The first kappa shape index (κ1) is 13.6. The SMILES string of the molecule is CCc1ccc(Cl)c(CC)c1NC(=S)NC1CC1. The van der Waals surface area contributed by atoms with Crippen molar-refractivity contribution >= 4 is 34.6 Å². The first-order valence-electron chi connectivity index (χ1n) is 6.53. The fraction of sp³-hybridized carbons (Fsp3) is 0.500. The van der Waals surface area contributed by atoms with Crippen molar-refractivity contribution in [2.45, 2.75) is 45.6 Å². The van der Waals surface area contributed by atoms with Crippen LogP contribution in [-0.2, 0) is 12.8 Å². The highest BCUT2D eigenvalue weighted by molar-refractivity contribution is 7.80. The van der Waals surface area contributed by atoms with Gasteiger partial charge < -0.3 is 10.6 Å². The van der Waals surface area contributed by atoms with E-state index >= 15 is 0 Å². The molecule has 0 amide bonds. The van der Waals surface area contributed by atoms with Crippen LogP contribution in [0, 0.1) is 0 Å². The molecule has 18 heavy (non-hydrogen) atoms. The van der Waals surface area contributed by atoms with Crippen molar-refractivity contribution < 1.29 is 0 Å². The number of hydrogen-bond donors (Lipinski definition) is 2. The number of anilines is 1. The number of hydrogen-bond acceptors (Lipinski definition) is 1. The Hall–Kier alpha value is -0.800. The van der Waals surface area contributed by atoms with Crippen LogP contribution in [0.2, 0.25) is 5.02 Å². The van der Waals surface area contributed by atoms with Crippen LogP contribution in [0.4, 0.5) is 5.69 Å². The zero-order valence-electron chi connectivity index (χ0n) is 10.8. The van der Waals surface area contributed by atoms with Crippen LogP contribution >= 0.6 is 23.8 Å². The molecule has 98 valence electrons. The summed E-state index contributed by atoms with van der Waals surface area (Å²) in [6, 6.07) is 4.62. The van der Waals surface area contributed by atoms with Crippen LogP contribution in [0.1, 0.15) is 37.8 Å². The summed E-state index contributed by atoms with van der Waals surface area (Å²) in [6.45, 7) is 4.26. The summed E-state index contributed by atoms with van der Waals surface area (Å²) in [4.78, 5) is 0. The minimum atomic E-state index is 0.569. The van der Waals surface area contributed by atoms with Gasteiger partial charge >= 0.3 is 0 Å². The second-order valence-electron chi connectivity index (χ2n) is 4.64. The maximum Gasteiger partial charge on any atom is 0.171 e. The summed E-state index contributed by atoms with van der Waals surface area (Å²) in [5.41, 5.74) is 3.50. The molecule has 2 rings (SSSR count). The lowest BCUT2D eigenvalue weighted by Crippen LogP contribution is -2.31. The van der Waals surface area contributed by atoms with Gasteiger partial charge in [-0.05, 0) is 55.1 Å². The predicted molar refractivity (Wildman–Crippen MR) is 82.6 cm³/mol. The van der Waals surface area contributed by atoms with Crippen molar-refractivity contribution in [3.05, 3.63) is 28.3 Å². The van der Waals surface area contributed by atoms with Crippen molar-refractivity contribution in [3.63, 3.8) is 0 Å². The zero-order valence-corrected chi connectivity index (χ0v) is 12.4. The third kappa shape index (κ3) is 3.15. The number of rotatable bonds is 4. The summed E-state index contributed by atoms with van der Waals surface area (Å²) in [5.74, 6) is 0. The van der Waals surface area contributed by atoms with Gasteiger partial charge in [-0.1, -0.05) is 31.5 Å². The van der Waals surface area contributed by atoms with Gasteiger partial charge in [0.15, 0.2) is 5.11 Å². The minimum absolute atomic E-state index is 0.569. The van der Waals surface area contributed by atoms with Crippen molar-refractivity contribution in [2.24, 2.45) is 0 Å². The average Bonchev–Trinajstić information content (AvgIpc) is 3.13. The first-order valence-corrected chi connectivity index (χ1v) is 7.32. The zero-order chi connectivity index (χ0) is 13.1. The number of benzene rings is 1. The van der Waals surface area contributed by atoms with Gasteiger partial charge in [0.05, 0.1) is 0 Å². The number of thiocarbonyl (C=S) groups is 1. The Kier molecular flexibility index (Phi) is 4.46. The van der Waals surface area contributed by atoms with E-state index < -0.39 is 0 Å². The average molecular weight is 283 g/mol. The predicted octanol–water partition coefficient (Wildman–Crippen LogP) is 3.91. The Balaban J connectivity index is 2.22. The summed E-state index contributed by atoms with van der Waals surface area (Å²) in [5, 5.41) is 8.15. The molecule has 1 aliphatic rings. The lowest BCUT2D eigenvalue weighted by atomic mass is 10.0. The van der Waals surface area contributed by atoms with Crippen molar-refractivity contribution in [3.8, 4) is 0 Å². The minimum Gasteiger partial charge on any atom is -0.360 e. The standard InChI is InChI=1S/C14H19ClN2S/c1-3-9-5-8-12(15)11(4-2)13(9)17-14(18)16-10-6-7-10/h5,8,10H,3-4,6-7H2,1-2H3,(H2,16,17,18). The molecule has 1 aromatic rings. The smallest absolute Gasteiger partial charge is 0.171 e. The van der Waals surface area contributed by atoms with Gasteiger partial charge in [0.25, 0.3) is 0 Å². The molecule has 1 aromatic carbocycles. The second kappa shape index (κ2) is 5.89. The molecule has 4 heteroatoms. The maximum atomic E-state index is 6.26. The summed E-state index contributed by atoms with van der Waals surface area (Å²) >= 11 is 11.6. The van der Waals surface area contributed by atoms with Crippen LogP contribution < -0.4 is 10.6 Å². The molecule has 0 spiro atoms. The summed E-state index contributed by atoms with van der Waals surface area (Å²) < 4.78 is 0. The molecule has 1 fully saturated rings. The van der Waals surface area contributed by atoms with E-state index in [9.17, 15) is 0 Å². The van der Waals surface area contributed by atoms with Gasteiger partial charge in [-0.15, -0.1) is 0 Å². The third-order valence-electron chi connectivity index (χ3n) is 3.23. The Bertz CT molecular complexity index is 455. The van der Waals surface area contributed by atoms with Crippen LogP contribution in [0.25, 0.3) is 0 Å². The molecule has 0 aromatic heterocycles. The Morgan fingerprint density at radius 2 is 2.06 bits per heavy atom. The van der Waals surface area contributed by atoms with E-state index in [1.54, 1.807) is 0 Å². The molecule has 1 aliphatic carbocycles. The molecule has 0 radical (unpaired) electrons. The molecule has 0 atom stereocenters. The highest BCUT2D eigenvalue weighted by atomic mass is 35.5. The highest BCUT2D eigenvalue weighted by Gasteiger charge is 2.22. The van der Waals surface area contributed by atoms with Gasteiger partial charge in [0, 0.05) is 16.8 Å². The molecule has 0 bridgehead atoms. The lowest BCUT2D eigenvalue weighted by molar-refractivity contribution is 0.918. The quantitative estimate of drug-likeness (QED) is 0.819. The monoisotopic (exact) mass is 282 g/mol. The molecular weight excluding hydrogens is 264 g/mol. The summed E-state index contributed by atoms with van der Waals surface area (Å²) in [6.07, 6.45) is 4.32. The number of halogens is 1. The molecule has 0 unspecified atom stereocenters. The fourth-order valence-corrected chi connectivity index (χ4v) is 2.59. The highest BCUT2D eigenvalue weighted by Crippen LogP contribution is 2.29. The topological polar surface area (TPSA) is 24.1 Å². The van der Waals surface area contributed by atoms with Gasteiger partial charge in [-0.3, -0.25) is 0 Å². The number of aryl methyl sites for hydroxylation is 1. The lowest BCUT2D eigenvalue weighted by Gasteiger charge is -2.17. The van der Waals surface area contributed by atoms with Crippen molar-refractivity contribution in [2.75, 3.05) is 5.32 Å². The Morgan fingerprint density at radius 3 is 2.61 bits per heavy atom. The van der Waals surface area contributed by atoms with E-state index in [4.69, 9.17) is 23.8 Å². The second-order valence-corrected chi connectivity index (χ2v) is 5.46. The van der Waals surface area contributed by atoms with E-state index in [0.717, 1.165) is 29.1 Å². The van der Waals surface area contributed by atoms with E-state index in [0.29, 0.717) is 11.2 Å². The van der Waals surface area contributed by atoms with Crippen LogP contribution in [0.15, 0.2) is 12.1 Å². The molecule has 0 aliphatic heterocycles. The van der Waals surface area contributed by atoms with Crippen molar-refractivity contribution in [1.82, 2.24) is 5.32 Å².